The van der Waals surface area contributed by atoms with Crippen molar-refractivity contribution in [1.29, 1.82) is 0 Å². The van der Waals surface area contributed by atoms with Gasteiger partial charge in [-0.15, -0.1) is 0 Å². The van der Waals surface area contributed by atoms with Gasteiger partial charge in [-0.3, -0.25) is 0 Å². The minimum atomic E-state index is -0.526. The average molecular weight is 196 g/mol. The van der Waals surface area contributed by atoms with Gasteiger partial charge >= 0.3 is 0 Å². The van der Waals surface area contributed by atoms with Crippen molar-refractivity contribution in [1.82, 2.24) is 9.97 Å². The molecule has 0 amide bonds. The van der Waals surface area contributed by atoms with Crippen LogP contribution in [-0.2, 0) is 4.74 Å². The molecule has 0 saturated carbocycles. The van der Waals surface area contributed by atoms with Gasteiger partial charge < -0.3 is 9.84 Å². The highest BCUT2D eigenvalue weighted by molar-refractivity contribution is 5.18. The largest absolute Gasteiger partial charge is 0.389 e. The molecule has 0 radical (unpaired) electrons. The van der Waals surface area contributed by atoms with Crippen LogP contribution >= 0.6 is 0 Å². The van der Waals surface area contributed by atoms with Gasteiger partial charge in [-0.1, -0.05) is 0 Å². The molecule has 1 rings (SSSR count). The maximum Gasteiger partial charge on any atom is 0.157 e. The lowest BCUT2D eigenvalue weighted by atomic mass is 10.1. The smallest absolute Gasteiger partial charge is 0.157 e. The second kappa shape index (κ2) is 4.48. The Bertz CT molecular complexity index is 313. The van der Waals surface area contributed by atoms with E-state index in [0.29, 0.717) is 5.82 Å². The number of nitrogens with zero attached hydrogens (tertiary/aromatic N) is 2. The molecule has 78 valence electrons. The van der Waals surface area contributed by atoms with Gasteiger partial charge in [-0.2, -0.15) is 0 Å². The molecule has 0 aliphatic heterocycles. The molecule has 0 aromatic carbocycles. The van der Waals surface area contributed by atoms with Crippen molar-refractivity contribution in [3.05, 3.63) is 23.3 Å². The van der Waals surface area contributed by atoms with Crippen LogP contribution in [0, 0.1) is 6.92 Å². The Kier molecular flexibility index (Phi) is 3.55. The van der Waals surface area contributed by atoms with Crippen LogP contribution < -0.4 is 0 Å². The third-order valence-electron chi connectivity index (χ3n) is 2.20. The van der Waals surface area contributed by atoms with E-state index in [1.165, 1.54) is 0 Å². The molecule has 1 N–H and O–H groups in total. The Labute approximate surface area is 84.0 Å². The number of hydrogen-bond acceptors (Lipinski definition) is 4. The average Bonchev–Trinajstić information content (AvgIpc) is 2.15. The monoisotopic (exact) mass is 196 g/mol. The Morgan fingerprint density at radius 1 is 1.43 bits per heavy atom. The van der Waals surface area contributed by atoms with E-state index in [1.54, 1.807) is 20.2 Å². The SMILES string of the molecule is COC(C)c1ncc([C@H](C)O)c(C)n1. The normalized spacial score (nSPS) is 15.2. The molecule has 0 aliphatic rings. The summed E-state index contributed by atoms with van der Waals surface area (Å²) >= 11 is 0. The molecule has 1 aromatic rings. The number of aryl methyl sites for hydroxylation is 1. The highest BCUT2D eigenvalue weighted by atomic mass is 16.5. The minimum absolute atomic E-state index is 0.114. The molecule has 1 heterocycles. The summed E-state index contributed by atoms with van der Waals surface area (Å²) in [5.74, 6) is 0.648. The van der Waals surface area contributed by atoms with E-state index in [-0.39, 0.29) is 6.10 Å². The molecule has 4 heteroatoms. The fourth-order valence-electron chi connectivity index (χ4n) is 1.21. The molecular formula is C10H16N2O2. The van der Waals surface area contributed by atoms with Gasteiger partial charge in [0.1, 0.15) is 6.10 Å². The Morgan fingerprint density at radius 3 is 2.50 bits per heavy atom. The lowest BCUT2D eigenvalue weighted by Gasteiger charge is -2.12. The molecule has 2 atom stereocenters. The van der Waals surface area contributed by atoms with Gasteiger partial charge in [0.15, 0.2) is 5.82 Å². The van der Waals surface area contributed by atoms with E-state index in [4.69, 9.17) is 4.74 Å². The molecule has 0 aliphatic carbocycles. The zero-order chi connectivity index (χ0) is 10.7. The van der Waals surface area contributed by atoms with Crippen molar-refractivity contribution in [2.75, 3.05) is 7.11 Å². The number of ether oxygens (including phenoxy) is 1. The topological polar surface area (TPSA) is 55.2 Å². The molecule has 0 saturated heterocycles. The van der Waals surface area contributed by atoms with Crippen molar-refractivity contribution in [2.24, 2.45) is 0 Å². The fraction of sp³-hybridized carbons (Fsp3) is 0.600. The minimum Gasteiger partial charge on any atom is -0.389 e. The number of hydrogen-bond donors (Lipinski definition) is 1. The predicted molar refractivity (Wildman–Crippen MR) is 52.8 cm³/mol. The number of aliphatic hydroxyl groups excluding tert-OH is 1. The van der Waals surface area contributed by atoms with Gasteiger partial charge in [-0.05, 0) is 20.8 Å². The van der Waals surface area contributed by atoms with Crippen LogP contribution in [0.15, 0.2) is 6.20 Å². The van der Waals surface area contributed by atoms with Gasteiger partial charge in [0.2, 0.25) is 0 Å². The highest BCUT2D eigenvalue weighted by Crippen LogP contribution is 2.17. The zero-order valence-electron chi connectivity index (χ0n) is 8.98. The van der Waals surface area contributed by atoms with Crippen LogP contribution in [0.4, 0.5) is 0 Å². The molecule has 0 spiro atoms. The van der Waals surface area contributed by atoms with Crippen molar-refractivity contribution < 1.29 is 9.84 Å². The zero-order valence-corrected chi connectivity index (χ0v) is 8.98. The number of aromatic nitrogens is 2. The lowest BCUT2D eigenvalue weighted by Crippen LogP contribution is -2.07. The van der Waals surface area contributed by atoms with E-state index in [9.17, 15) is 5.11 Å². The van der Waals surface area contributed by atoms with Crippen molar-refractivity contribution in [3.63, 3.8) is 0 Å². The summed E-state index contributed by atoms with van der Waals surface area (Å²) in [5, 5.41) is 9.38. The lowest BCUT2D eigenvalue weighted by molar-refractivity contribution is 0.111. The Morgan fingerprint density at radius 2 is 2.07 bits per heavy atom. The van der Waals surface area contributed by atoms with E-state index >= 15 is 0 Å². The van der Waals surface area contributed by atoms with E-state index < -0.39 is 6.10 Å². The van der Waals surface area contributed by atoms with Crippen LogP contribution in [0.5, 0.6) is 0 Å². The summed E-state index contributed by atoms with van der Waals surface area (Å²) < 4.78 is 5.10. The van der Waals surface area contributed by atoms with Crippen molar-refractivity contribution in [2.45, 2.75) is 33.0 Å². The van der Waals surface area contributed by atoms with Gasteiger partial charge in [0.05, 0.1) is 6.10 Å². The maximum atomic E-state index is 9.38. The molecule has 0 fully saturated rings. The molecule has 1 aromatic heterocycles. The van der Waals surface area contributed by atoms with Crippen LogP contribution in [-0.4, -0.2) is 22.2 Å². The predicted octanol–water partition coefficient (Wildman–Crippen LogP) is 1.55. The van der Waals surface area contributed by atoms with Gasteiger partial charge in [-0.25, -0.2) is 9.97 Å². The second-order valence-electron chi connectivity index (χ2n) is 3.32. The molecule has 0 bridgehead atoms. The second-order valence-corrected chi connectivity index (χ2v) is 3.32. The van der Waals surface area contributed by atoms with Crippen molar-refractivity contribution >= 4 is 0 Å². The molecular weight excluding hydrogens is 180 g/mol. The summed E-state index contributed by atoms with van der Waals surface area (Å²) in [6, 6.07) is 0. The quantitative estimate of drug-likeness (QED) is 0.796. The van der Waals surface area contributed by atoms with Crippen molar-refractivity contribution in [3.8, 4) is 0 Å². The first-order chi connectivity index (χ1) is 6.56. The van der Waals surface area contributed by atoms with Crippen LogP contribution in [0.3, 0.4) is 0 Å². The third kappa shape index (κ3) is 2.27. The van der Waals surface area contributed by atoms with Gasteiger partial charge in [0, 0.05) is 24.6 Å². The summed E-state index contributed by atoms with van der Waals surface area (Å²) in [5.41, 5.74) is 1.56. The standard InChI is InChI=1S/C10H16N2O2/c1-6-9(7(2)13)5-11-10(12-6)8(3)14-4/h5,7-8,13H,1-4H3/t7-,8?/m0/s1. The Balaban J connectivity index is 3.00. The van der Waals surface area contributed by atoms with E-state index in [1.807, 2.05) is 13.8 Å². The highest BCUT2D eigenvalue weighted by Gasteiger charge is 2.11. The number of aliphatic hydroxyl groups is 1. The summed E-state index contributed by atoms with van der Waals surface area (Å²) in [7, 11) is 1.62. The first-order valence-corrected chi connectivity index (χ1v) is 4.60. The summed E-state index contributed by atoms with van der Waals surface area (Å²) in [6.07, 6.45) is 1.01. The van der Waals surface area contributed by atoms with Gasteiger partial charge in [0.25, 0.3) is 0 Å². The molecule has 1 unspecified atom stereocenters. The van der Waals surface area contributed by atoms with Crippen LogP contribution in [0.1, 0.15) is 43.1 Å². The van der Waals surface area contributed by atoms with E-state index in [0.717, 1.165) is 11.3 Å². The molecule has 14 heavy (non-hydrogen) atoms. The Hall–Kier alpha value is -1.00. The van der Waals surface area contributed by atoms with Crippen LogP contribution in [0.2, 0.25) is 0 Å². The number of rotatable bonds is 3. The third-order valence-corrected chi connectivity index (χ3v) is 2.20. The molecule has 4 nitrogen and oxygen atoms in total. The maximum absolute atomic E-state index is 9.38. The number of methoxy groups -OCH3 is 1. The summed E-state index contributed by atoms with van der Waals surface area (Å²) in [6.45, 7) is 5.44. The van der Waals surface area contributed by atoms with Crippen LogP contribution in [0.25, 0.3) is 0 Å². The fourth-order valence-corrected chi connectivity index (χ4v) is 1.21. The van der Waals surface area contributed by atoms with E-state index in [2.05, 4.69) is 9.97 Å². The first kappa shape index (κ1) is 11.1. The first-order valence-electron chi connectivity index (χ1n) is 4.60. The summed E-state index contributed by atoms with van der Waals surface area (Å²) in [4.78, 5) is 8.40.